The van der Waals surface area contributed by atoms with E-state index in [1.54, 1.807) is 24.5 Å². The second kappa shape index (κ2) is 6.22. The van der Waals surface area contributed by atoms with Crippen molar-refractivity contribution in [1.82, 2.24) is 10.1 Å². The number of aliphatic hydroxyl groups is 1. The minimum atomic E-state index is -0.435. The molecule has 1 fully saturated rings. The number of rotatable bonds is 4. The molecule has 0 spiro atoms. The first-order valence-electron chi connectivity index (χ1n) is 7.86. The fourth-order valence-electron chi connectivity index (χ4n) is 3.24. The molecule has 4 rings (SSSR count). The van der Waals surface area contributed by atoms with Gasteiger partial charge in [0.25, 0.3) is 0 Å². The largest absolute Gasteiger partial charge is 0.461 e. The summed E-state index contributed by atoms with van der Waals surface area (Å²) in [6.45, 7) is 1.03. The number of aliphatic hydroxyl groups excluding tert-OH is 1. The molecule has 0 bridgehead atoms. The molecular formula is C18H17FN2O3. The first-order valence-corrected chi connectivity index (χ1v) is 7.86. The smallest absolute Gasteiger partial charge is 0.202 e. The van der Waals surface area contributed by atoms with E-state index in [-0.39, 0.29) is 11.9 Å². The van der Waals surface area contributed by atoms with Gasteiger partial charge < -0.3 is 14.0 Å². The summed E-state index contributed by atoms with van der Waals surface area (Å²) in [5.41, 5.74) is 1.61. The number of nitrogens with zero attached hydrogens (tertiary/aromatic N) is 2. The van der Waals surface area contributed by atoms with E-state index in [9.17, 15) is 9.50 Å². The van der Waals surface area contributed by atoms with Gasteiger partial charge in [-0.2, -0.15) is 0 Å². The van der Waals surface area contributed by atoms with E-state index in [1.165, 1.54) is 12.1 Å². The molecule has 1 aliphatic heterocycles. The fourth-order valence-corrected chi connectivity index (χ4v) is 3.24. The van der Waals surface area contributed by atoms with E-state index in [1.807, 2.05) is 12.1 Å². The van der Waals surface area contributed by atoms with E-state index in [2.05, 4.69) is 10.1 Å². The molecule has 0 saturated carbocycles. The van der Waals surface area contributed by atoms with E-state index >= 15 is 0 Å². The summed E-state index contributed by atoms with van der Waals surface area (Å²) >= 11 is 0. The Morgan fingerprint density at radius 3 is 2.92 bits per heavy atom. The number of hydrogen-bond acceptors (Lipinski definition) is 5. The maximum absolute atomic E-state index is 13.5. The van der Waals surface area contributed by atoms with Gasteiger partial charge in [-0.15, -0.1) is 0 Å². The van der Waals surface area contributed by atoms with E-state index in [0.717, 1.165) is 11.3 Å². The molecule has 0 amide bonds. The number of hydrogen-bond donors (Lipinski definition) is 1. The lowest BCUT2D eigenvalue weighted by Crippen LogP contribution is -2.24. The molecule has 3 aromatic rings. The van der Waals surface area contributed by atoms with E-state index in [0.29, 0.717) is 31.0 Å². The van der Waals surface area contributed by atoms with Crippen molar-refractivity contribution in [2.24, 2.45) is 0 Å². The third kappa shape index (κ3) is 2.98. The minimum Gasteiger partial charge on any atom is -0.461 e. The Morgan fingerprint density at radius 2 is 2.12 bits per heavy atom. The Hall–Kier alpha value is -2.44. The third-order valence-corrected chi connectivity index (χ3v) is 4.30. The number of benzene rings is 1. The summed E-state index contributed by atoms with van der Waals surface area (Å²) in [5.74, 6) is 0.921. The van der Waals surface area contributed by atoms with Crippen molar-refractivity contribution in [3.05, 3.63) is 65.8 Å². The number of halogens is 1. The van der Waals surface area contributed by atoms with Gasteiger partial charge in [-0.05, 0) is 36.2 Å². The first kappa shape index (κ1) is 15.1. The molecule has 1 saturated heterocycles. The molecule has 2 aromatic heterocycles. The quantitative estimate of drug-likeness (QED) is 0.795. The van der Waals surface area contributed by atoms with Gasteiger partial charge in [-0.3, -0.25) is 4.90 Å². The summed E-state index contributed by atoms with van der Waals surface area (Å²) in [6.07, 6.45) is 1.72. The van der Waals surface area contributed by atoms with Crippen LogP contribution in [0.5, 0.6) is 0 Å². The van der Waals surface area contributed by atoms with Crippen molar-refractivity contribution in [1.29, 1.82) is 0 Å². The van der Waals surface area contributed by atoms with Gasteiger partial charge in [0.1, 0.15) is 5.82 Å². The fraction of sp³-hybridized carbons (Fsp3) is 0.278. The van der Waals surface area contributed by atoms with Crippen LogP contribution in [0, 0.1) is 5.82 Å². The first-order chi connectivity index (χ1) is 11.7. The second-order valence-corrected chi connectivity index (χ2v) is 6.05. The number of β-amino-alcohol motifs (C(OH)–C–C–N with tert-alkyl or cyclic N) is 1. The van der Waals surface area contributed by atoms with Gasteiger partial charge in [-0.25, -0.2) is 4.39 Å². The summed E-state index contributed by atoms with van der Waals surface area (Å²) in [5, 5.41) is 14.1. The topological polar surface area (TPSA) is 62.6 Å². The molecule has 2 atom stereocenters. The number of likely N-dealkylation sites (tertiary alicyclic amines) is 1. The normalized spacial score (nSPS) is 21.4. The highest BCUT2D eigenvalue weighted by atomic mass is 19.1. The van der Waals surface area contributed by atoms with Gasteiger partial charge >= 0.3 is 0 Å². The SMILES string of the molecule is OC1CC(c2cccc(F)c2)N(Cc2cc(-c3ccco3)on2)C1. The van der Waals surface area contributed by atoms with Crippen molar-refractivity contribution in [3.63, 3.8) is 0 Å². The van der Waals surface area contributed by atoms with Gasteiger partial charge in [0, 0.05) is 25.2 Å². The van der Waals surface area contributed by atoms with Gasteiger partial charge in [0.15, 0.2) is 5.76 Å². The Bertz CT molecular complexity index is 815. The highest BCUT2D eigenvalue weighted by Gasteiger charge is 2.32. The second-order valence-electron chi connectivity index (χ2n) is 6.05. The summed E-state index contributed by atoms with van der Waals surface area (Å²) in [4.78, 5) is 2.09. The van der Waals surface area contributed by atoms with Crippen LogP contribution in [0.2, 0.25) is 0 Å². The van der Waals surface area contributed by atoms with Crippen molar-refractivity contribution in [2.45, 2.75) is 25.1 Å². The lowest BCUT2D eigenvalue weighted by Gasteiger charge is -2.23. The molecule has 0 radical (unpaired) electrons. The lowest BCUT2D eigenvalue weighted by atomic mass is 10.0. The molecule has 124 valence electrons. The van der Waals surface area contributed by atoms with Gasteiger partial charge in [0.05, 0.1) is 18.1 Å². The monoisotopic (exact) mass is 328 g/mol. The minimum absolute atomic E-state index is 0.0422. The molecule has 2 unspecified atom stereocenters. The molecule has 3 heterocycles. The van der Waals surface area contributed by atoms with Crippen molar-refractivity contribution >= 4 is 0 Å². The molecule has 1 aliphatic rings. The molecule has 1 aromatic carbocycles. The van der Waals surface area contributed by atoms with Crippen LogP contribution in [0.3, 0.4) is 0 Å². The van der Waals surface area contributed by atoms with Crippen molar-refractivity contribution in [3.8, 4) is 11.5 Å². The average Bonchev–Trinajstić information content (AvgIpc) is 3.28. The van der Waals surface area contributed by atoms with Gasteiger partial charge in [-0.1, -0.05) is 17.3 Å². The van der Waals surface area contributed by atoms with Crippen LogP contribution in [-0.4, -0.2) is 27.8 Å². The zero-order chi connectivity index (χ0) is 16.5. The number of furan rings is 1. The van der Waals surface area contributed by atoms with Crippen LogP contribution in [0.1, 0.15) is 23.7 Å². The summed E-state index contributed by atoms with van der Waals surface area (Å²) in [7, 11) is 0. The van der Waals surface area contributed by atoms with Crippen LogP contribution in [-0.2, 0) is 6.54 Å². The van der Waals surface area contributed by atoms with Crippen LogP contribution in [0.4, 0.5) is 4.39 Å². The van der Waals surface area contributed by atoms with Crippen molar-refractivity contribution < 1.29 is 18.4 Å². The van der Waals surface area contributed by atoms with Crippen LogP contribution in [0.25, 0.3) is 11.5 Å². The zero-order valence-corrected chi connectivity index (χ0v) is 12.9. The van der Waals surface area contributed by atoms with Gasteiger partial charge in [0.2, 0.25) is 5.76 Å². The highest BCUT2D eigenvalue weighted by Crippen LogP contribution is 2.34. The Morgan fingerprint density at radius 1 is 1.21 bits per heavy atom. The Labute approximate surface area is 138 Å². The summed E-state index contributed by atoms with van der Waals surface area (Å²) in [6, 6.07) is 11.9. The third-order valence-electron chi connectivity index (χ3n) is 4.30. The maximum Gasteiger partial charge on any atom is 0.202 e. The molecule has 1 N–H and O–H groups in total. The average molecular weight is 328 g/mol. The summed E-state index contributed by atoms with van der Waals surface area (Å²) < 4.78 is 24.1. The van der Waals surface area contributed by atoms with Crippen LogP contribution < -0.4 is 0 Å². The molecular weight excluding hydrogens is 311 g/mol. The highest BCUT2D eigenvalue weighted by molar-refractivity contribution is 5.49. The van der Waals surface area contributed by atoms with Crippen molar-refractivity contribution in [2.75, 3.05) is 6.54 Å². The Balaban J connectivity index is 1.54. The molecule has 6 heteroatoms. The predicted octanol–water partition coefficient (Wildman–Crippen LogP) is 3.38. The van der Waals surface area contributed by atoms with Crippen LogP contribution >= 0.6 is 0 Å². The molecule has 5 nitrogen and oxygen atoms in total. The zero-order valence-electron chi connectivity index (χ0n) is 12.9. The molecule has 0 aliphatic carbocycles. The van der Waals surface area contributed by atoms with E-state index in [4.69, 9.17) is 8.94 Å². The standard InChI is InChI=1S/C18H17FN2O3/c19-13-4-1-3-12(7-13)16-9-15(22)11-21(16)10-14-8-18(24-20-14)17-5-2-6-23-17/h1-8,15-16,22H,9-11H2. The maximum atomic E-state index is 13.5. The predicted molar refractivity (Wildman–Crippen MR) is 84.4 cm³/mol. The Kier molecular flexibility index (Phi) is 3.92. The number of aromatic nitrogens is 1. The van der Waals surface area contributed by atoms with E-state index < -0.39 is 6.10 Å². The van der Waals surface area contributed by atoms with Crippen LogP contribution in [0.15, 0.2) is 57.7 Å². The lowest BCUT2D eigenvalue weighted by molar-refractivity contribution is 0.171. The molecule has 24 heavy (non-hydrogen) atoms.